The Hall–Kier alpha value is -3.15. The van der Waals surface area contributed by atoms with Crippen molar-refractivity contribution in [1.29, 1.82) is 0 Å². The van der Waals surface area contributed by atoms with E-state index in [1.807, 2.05) is 78.9 Å². The van der Waals surface area contributed by atoms with Gasteiger partial charge in [0, 0.05) is 11.1 Å². The number of benzene rings is 3. The Morgan fingerprint density at radius 2 is 1.44 bits per heavy atom. The van der Waals surface area contributed by atoms with E-state index in [9.17, 15) is 9.90 Å². The van der Waals surface area contributed by atoms with E-state index in [0.717, 1.165) is 16.7 Å². The molecule has 0 saturated carbocycles. The average Bonchev–Trinajstić information content (AvgIpc) is 2.71. The molecule has 5 nitrogen and oxygen atoms in total. The summed E-state index contributed by atoms with van der Waals surface area (Å²) in [5.41, 5.74) is 7.25. The lowest BCUT2D eigenvalue weighted by molar-refractivity contribution is -0.141. The Labute approximate surface area is 157 Å². The maximum atomic E-state index is 11.3. The fourth-order valence-electron chi connectivity index (χ4n) is 3.47. The number of carboxylic acid groups (broad SMARTS) is 1. The molecule has 0 unspecified atom stereocenters. The summed E-state index contributed by atoms with van der Waals surface area (Å²) >= 11 is 0. The average molecular weight is 361 g/mol. The van der Waals surface area contributed by atoms with Crippen LogP contribution in [0.4, 0.5) is 0 Å². The van der Waals surface area contributed by atoms with Crippen LogP contribution in [0, 0.1) is 0 Å². The summed E-state index contributed by atoms with van der Waals surface area (Å²) in [4.78, 5) is 11.3. The molecule has 136 valence electrons. The fraction of sp³-hybridized carbons (Fsp3) is 0.136. The monoisotopic (exact) mass is 361 g/mol. The lowest BCUT2D eigenvalue weighted by atomic mass is 9.77. The number of carbonyl (C=O) groups is 1. The zero-order valence-electron chi connectivity index (χ0n) is 14.5. The smallest absolute Gasteiger partial charge is 0.322 e. The van der Waals surface area contributed by atoms with Gasteiger partial charge in [0.15, 0.2) is 5.60 Å². The summed E-state index contributed by atoms with van der Waals surface area (Å²) in [5.74, 6) is 0.236. The normalized spacial score (nSPS) is 15.1. The van der Waals surface area contributed by atoms with E-state index < -0.39 is 17.6 Å². The first-order valence-corrected chi connectivity index (χ1v) is 8.67. The highest BCUT2D eigenvalue weighted by atomic mass is 16.5. The summed E-state index contributed by atoms with van der Waals surface area (Å²) in [7, 11) is 0. The first kappa shape index (κ1) is 17.3. The Morgan fingerprint density at radius 1 is 0.926 bits per heavy atom. The summed E-state index contributed by atoms with van der Waals surface area (Å²) in [5, 5.41) is 9.23. The van der Waals surface area contributed by atoms with Crippen molar-refractivity contribution in [3.8, 4) is 11.5 Å². The minimum Gasteiger partial charge on any atom is -0.480 e. The third kappa shape index (κ3) is 2.87. The van der Waals surface area contributed by atoms with Crippen molar-refractivity contribution >= 4 is 5.97 Å². The molecule has 1 heterocycles. The van der Waals surface area contributed by atoms with Crippen LogP contribution < -0.4 is 10.5 Å². The van der Waals surface area contributed by atoms with Crippen molar-refractivity contribution in [2.75, 3.05) is 6.61 Å². The van der Waals surface area contributed by atoms with Gasteiger partial charge < -0.3 is 20.3 Å². The lowest BCUT2D eigenvalue weighted by Gasteiger charge is -2.40. The van der Waals surface area contributed by atoms with E-state index in [2.05, 4.69) is 0 Å². The summed E-state index contributed by atoms with van der Waals surface area (Å²) in [6, 6.07) is 23.8. The molecule has 3 aromatic carbocycles. The Bertz CT molecular complexity index is 925. The van der Waals surface area contributed by atoms with Gasteiger partial charge in [-0.25, -0.2) is 0 Å². The molecule has 0 spiro atoms. The molecule has 27 heavy (non-hydrogen) atoms. The number of aliphatic carboxylic acids is 1. The van der Waals surface area contributed by atoms with Crippen molar-refractivity contribution in [1.82, 2.24) is 0 Å². The number of hydrogen-bond acceptors (Lipinski definition) is 4. The zero-order valence-corrected chi connectivity index (χ0v) is 14.5. The molecule has 3 aromatic rings. The van der Waals surface area contributed by atoms with E-state index in [0.29, 0.717) is 11.5 Å². The van der Waals surface area contributed by atoms with Crippen LogP contribution in [-0.4, -0.2) is 23.7 Å². The maximum absolute atomic E-state index is 11.3. The van der Waals surface area contributed by atoms with Gasteiger partial charge in [-0.05, 0) is 17.7 Å². The molecule has 0 bridgehead atoms. The molecule has 0 radical (unpaired) electrons. The largest absolute Gasteiger partial charge is 0.480 e. The van der Waals surface area contributed by atoms with E-state index in [-0.39, 0.29) is 6.61 Å². The van der Waals surface area contributed by atoms with Crippen molar-refractivity contribution < 1.29 is 19.4 Å². The maximum Gasteiger partial charge on any atom is 0.322 e. The first-order valence-electron chi connectivity index (χ1n) is 8.67. The molecule has 3 N–H and O–H groups in total. The van der Waals surface area contributed by atoms with Gasteiger partial charge in [-0.1, -0.05) is 66.7 Å². The molecule has 0 aliphatic carbocycles. The second-order valence-corrected chi connectivity index (χ2v) is 6.40. The number of nitrogens with two attached hydrogens (primary N) is 1. The summed E-state index contributed by atoms with van der Waals surface area (Å²) in [6.45, 7) is -0.146. The first-order chi connectivity index (χ1) is 13.1. The molecule has 0 fully saturated rings. The molecule has 1 atom stereocenters. The predicted molar refractivity (Wildman–Crippen MR) is 101 cm³/mol. The number of para-hydroxylation sites is 2. The number of fused-ring (bicyclic) bond motifs is 2. The van der Waals surface area contributed by atoms with Crippen LogP contribution in [-0.2, 0) is 15.1 Å². The molecular formula is C22H19NO4. The molecule has 1 aliphatic rings. The van der Waals surface area contributed by atoms with Gasteiger partial charge in [0.05, 0.1) is 6.61 Å². The molecule has 5 heteroatoms. The Balaban J connectivity index is 1.96. The van der Waals surface area contributed by atoms with Crippen molar-refractivity contribution in [3.05, 3.63) is 95.6 Å². The Kier molecular flexibility index (Phi) is 4.39. The Morgan fingerprint density at radius 3 is 2.00 bits per heavy atom. The predicted octanol–water partition coefficient (Wildman–Crippen LogP) is 3.51. The molecule has 4 rings (SSSR count). The van der Waals surface area contributed by atoms with Crippen LogP contribution in [0.5, 0.6) is 11.5 Å². The van der Waals surface area contributed by atoms with Gasteiger partial charge in [0.2, 0.25) is 0 Å². The number of ether oxygens (including phenoxy) is 2. The van der Waals surface area contributed by atoms with Crippen LogP contribution in [0.25, 0.3) is 0 Å². The molecule has 0 amide bonds. The molecule has 0 aromatic heterocycles. The van der Waals surface area contributed by atoms with Crippen LogP contribution in [0.15, 0.2) is 78.9 Å². The third-order valence-electron chi connectivity index (χ3n) is 4.73. The van der Waals surface area contributed by atoms with Gasteiger partial charge in [0.25, 0.3) is 0 Å². The SMILES string of the molecule is N[C@H](COC1(c2ccccc2)c2ccccc2Oc2ccccc21)C(=O)O. The zero-order chi connectivity index (χ0) is 18.9. The highest BCUT2D eigenvalue weighted by Crippen LogP contribution is 2.52. The van der Waals surface area contributed by atoms with E-state index in [4.69, 9.17) is 15.2 Å². The summed E-state index contributed by atoms with van der Waals surface area (Å²) in [6.07, 6.45) is 0. The molecule has 1 aliphatic heterocycles. The highest BCUT2D eigenvalue weighted by Gasteiger charge is 2.45. The molecule has 0 saturated heterocycles. The van der Waals surface area contributed by atoms with Gasteiger partial charge in [-0.15, -0.1) is 0 Å². The van der Waals surface area contributed by atoms with Crippen molar-refractivity contribution in [3.63, 3.8) is 0 Å². The van der Waals surface area contributed by atoms with Crippen LogP contribution >= 0.6 is 0 Å². The van der Waals surface area contributed by atoms with Gasteiger partial charge >= 0.3 is 5.97 Å². The second-order valence-electron chi connectivity index (χ2n) is 6.40. The quantitative estimate of drug-likeness (QED) is 0.727. The minimum absolute atomic E-state index is 0.146. The van der Waals surface area contributed by atoms with Crippen molar-refractivity contribution in [2.24, 2.45) is 5.73 Å². The van der Waals surface area contributed by atoms with E-state index in [1.165, 1.54) is 0 Å². The topological polar surface area (TPSA) is 81.8 Å². The number of carboxylic acids is 1. The van der Waals surface area contributed by atoms with Crippen LogP contribution in [0.2, 0.25) is 0 Å². The van der Waals surface area contributed by atoms with Gasteiger partial charge in [0.1, 0.15) is 17.5 Å². The standard InChI is InChI=1S/C22H19NO4/c23-18(21(24)25)14-26-22(15-8-2-1-3-9-15)16-10-4-6-12-19(16)27-20-13-7-5-11-17(20)22/h1-13,18H,14,23H2,(H,24,25)/t18-/m1/s1. The van der Waals surface area contributed by atoms with Crippen molar-refractivity contribution in [2.45, 2.75) is 11.6 Å². The second kappa shape index (κ2) is 6.87. The highest BCUT2D eigenvalue weighted by molar-refractivity contribution is 5.73. The van der Waals surface area contributed by atoms with E-state index in [1.54, 1.807) is 0 Å². The van der Waals surface area contributed by atoms with Gasteiger partial charge in [-0.2, -0.15) is 0 Å². The number of rotatable bonds is 5. The van der Waals surface area contributed by atoms with E-state index >= 15 is 0 Å². The minimum atomic E-state index is -1.13. The van der Waals surface area contributed by atoms with Gasteiger partial charge in [-0.3, -0.25) is 4.79 Å². The molecular weight excluding hydrogens is 342 g/mol. The number of hydrogen-bond donors (Lipinski definition) is 2. The van der Waals surface area contributed by atoms with Crippen LogP contribution in [0.3, 0.4) is 0 Å². The lowest BCUT2D eigenvalue weighted by Crippen LogP contribution is -2.42. The summed E-state index contributed by atoms with van der Waals surface area (Å²) < 4.78 is 12.4. The van der Waals surface area contributed by atoms with Crippen LogP contribution in [0.1, 0.15) is 16.7 Å². The fourth-order valence-corrected chi connectivity index (χ4v) is 3.47. The third-order valence-corrected chi connectivity index (χ3v) is 4.73.